The second-order valence-electron chi connectivity index (χ2n) is 11.3. The molecule has 10 heteroatoms. The lowest BCUT2D eigenvalue weighted by atomic mass is 9.93. The van der Waals surface area contributed by atoms with Crippen LogP contribution in [0.4, 0.5) is 5.82 Å². The van der Waals surface area contributed by atoms with Crippen molar-refractivity contribution >= 4 is 16.7 Å². The number of nitrogens with zero attached hydrogens (tertiary/aromatic N) is 7. The first kappa shape index (κ1) is 27.4. The molecule has 1 N–H and O–H groups in total. The van der Waals surface area contributed by atoms with Crippen molar-refractivity contribution < 1.29 is 4.74 Å². The third-order valence-electron chi connectivity index (χ3n) is 8.50. The molecule has 4 heterocycles. The molecule has 4 aromatic rings. The molecule has 0 amide bonds. The Hall–Kier alpha value is -3.76. The molecule has 0 atom stereocenters. The van der Waals surface area contributed by atoms with Crippen LogP contribution in [0, 0.1) is 0 Å². The molecule has 216 valence electrons. The zero-order valence-corrected chi connectivity index (χ0v) is 24.3. The largest absolute Gasteiger partial charge is 0.473 e. The van der Waals surface area contributed by atoms with E-state index in [0.717, 1.165) is 86.4 Å². The van der Waals surface area contributed by atoms with Crippen LogP contribution in [0.25, 0.3) is 22.2 Å². The van der Waals surface area contributed by atoms with Crippen LogP contribution in [0.2, 0.25) is 0 Å². The second kappa shape index (κ2) is 12.0. The van der Waals surface area contributed by atoms with Crippen molar-refractivity contribution in [1.82, 2.24) is 34.3 Å². The maximum atomic E-state index is 11.9. The fraction of sp³-hybridized carbons (Fsp3) is 0.484. The predicted molar refractivity (Wildman–Crippen MR) is 161 cm³/mol. The van der Waals surface area contributed by atoms with Crippen molar-refractivity contribution in [3.05, 3.63) is 64.6 Å². The standard InChI is InChI=1S/C31H40N8O2/c1-4-38-30(40)14-13-29(34-38)41-25-11-9-24(10-12-25)39-27-19-28(32-2)33-20-26(27)31(35-39)23-7-5-22(6-8-23)21-37-17-15-36(3)16-18-37/h5-8,13-14,19-20,24-25H,4,9-12,15-18,21H2,1-3H3,(H,32,33)/t24-,25+. The van der Waals surface area contributed by atoms with Crippen LogP contribution in [0.15, 0.2) is 53.5 Å². The summed E-state index contributed by atoms with van der Waals surface area (Å²) in [4.78, 5) is 21.4. The van der Waals surface area contributed by atoms with E-state index in [1.165, 1.54) is 16.3 Å². The van der Waals surface area contributed by atoms with Crippen LogP contribution in [0.3, 0.4) is 0 Å². The number of hydrogen-bond donors (Lipinski definition) is 1. The molecule has 1 saturated carbocycles. The van der Waals surface area contributed by atoms with Crippen LogP contribution in [0.1, 0.15) is 44.2 Å². The molecule has 0 spiro atoms. The summed E-state index contributed by atoms with van der Waals surface area (Å²) in [5.41, 5.74) is 4.42. The van der Waals surface area contributed by atoms with E-state index in [1.54, 1.807) is 6.07 Å². The number of aryl methyl sites for hydroxylation is 1. The third kappa shape index (κ3) is 5.99. The topological polar surface area (TPSA) is 93.3 Å². The quantitative estimate of drug-likeness (QED) is 0.348. The van der Waals surface area contributed by atoms with Crippen LogP contribution >= 0.6 is 0 Å². The number of fused-ring (bicyclic) bond motifs is 1. The lowest BCUT2D eigenvalue weighted by Crippen LogP contribution is -2.43. The molecule has 10 nitrogen and oxygen atoms in total. The average Bonchev–Trinajstić information content (AvgIpc) is 3.39. The molecule has 3 aromatic heterocycles. The number of hydrogen-bond acceptors (Lipinski definition) is 8. The van der Waals surface area contributed by atoms with Crippen molar-refractivity contribution in [2.24, 2.45) is 0 Å². The molecule has 1 aromatic carbocycles. The SMILES string of the molecule is CCn1nc(O[C@H]2CC[C@@H](n3nc(-c4ccc(CN5CCN(C)CC5)cc4)c4cnc(NC)cc43)CC2)ccc1=O. The number of rotatable bonds is 8. The number of pyridine rings is 1. The van der Waals surface area contributed by atoms with Gasteiger partial charge in [0.25, 0.3) is 5.56 Å². The average molecular weight is 557 g/mol. The molecule has 0 unspecified atom stereocenters. The molecule has 6 rings (SSSR count). The molecule has 2 aliphatic rings. The highest BCUT2D eigenvalue weighted by molar-refractivity contribution is 5.94. The van der Waals surface area contributed by atoms with Gasteiger partial charge >= 0.3 is 0 Å². The Morgan fingerprint density at radius 3 is 2.44 bits per heavy atom. The molecule has 41 heavy (non-hydrogen) atoms. The van der Waals surface area contributed by atoms with Crippen molar-refractivity contribution in [2.75, 3.05) is 45.6 Å². The summed E-state index contributed by atoms with van der Waals surface area (Å²) in [6.45, 7) is 7.90. The number of nitrogens with one attached hydrogen (secondary N) is 1. The van der Waals surface area contributed by atoms with Gasteiger partial charge in [-0.1, -0.05) is 24.3 Å². The Morgan fingerprint density at radius 2 is 1.73 bits per heavy atom. The van der Waals surface area contributed by atoms with E-state index in [0.29, 0.717) is 12.4 Å². The Morgan fingerprint density at radius 1 is 0.976 bits per heavy atom. The van der Waals surface area contributed by atoms with Crippen molar-refractivity contribution in [3.63, 3.8) is 0 Å². The van der Waals surface area contributed by atoms with Gasteiger partial charge in [0, 0.05) is 81.7 Å². The highest BCUT2D eigenvalue weighted by Gasteiger charge is 2.27. The lowest BCUT2D eigenvalue weighted by molar-refractivity contribution is 0.123. The molecular weight excluding hydrogens is 516 g/mol. The summed E-state index contributed by atoms with van der Waals surface area (Å²) in [6, 6.07) is 14.5. The minimum atomic E-state index is -0.106. The number of anilines is 1. The summed E-state index contributed by atoms with van der Waals surface area (Å²) >= 11 is 0. The van der Waals surface area contributed by atoms with Gasteiger partial charge < -0.3 is 15.0 Å². The zero-order valence-electron chi connectivity index (χ0n) is 24.3. The maximum absolute atomic E-state index is 11.9. The van der Waals surface area contributed by atoms with Gasteiger partial charge in [0.1, 0.15) is 17.6 Å². The Balaban J connectivity index is 1.19. The van der Waals surface area contributed by atoms with E-state index in [-0.39, 0.29) is 17.7 Å². The third-order valence-corrected chi connectivity index (χ3v) is 8.50. The van der Waals surface area contributed by atoms with Gasteiger partial charge in [-0.2, -0.15) is 5.10 Å². The first-order chi connectivity index (χ1) is 20.0. The number of ether oxygens (including phenoxy) is 1. The molecule has 1 aliphatic heterocycles. The summed E-state index contributed by atoms with van der Waals surface area (Å²) in [6.07, 6.45) is 5.73. The molecule has 2 fully saturated rings. The maximum Gasteiger partial charge on any atom is 0.266 e. The van der Waals surface area contributed by atoms with Gasteiger partial charge in [-0.15, -0.1) is 5.10 Å². The first-order valence-corrected chi connectivity index (χ1v) is 14.8. The first-order valence-electron chi connectivity index (χ1n) is 14.8. The molecule has 1 aliphatic carbocycles. The minimum Gasteiger partial charge on any atom is -0.473 e. The zero-order chi connectivity index (χ0) is 28.3. The summed E-state index contributed by atoms with van der Waals surface area (Å²) in [5.74, 6) is 1.35. The fourth-order valence-corrected chi connectivity index (χ4v) is 5.99. The molecule has 1 saturated heterocycles. The predicted octanol–water partition coefficient (Wildman–Crippen LogP) is 4.03. The highest BCUT2D eigenvalue weighted by Crippen LogP contribution is 2.36. The van der Waals surface area contributed by atoms with Crippen molar-refractivity contribution in [2.45, 2.75) is 57.8 Å². The van der Waals surface area contributed by atoms with Gasteiger partial charge in [-0.05, 0) is 45.2 Å². The normalized spacial score (nSPS) is 20.4. The molecular formula is C31H40N8O2. The van der Waals surface area contributed by atoms with E-state index in [4.69, 9.17) is 9.84 Å². The lowest BCUT2D eigenvalue weighted by Gasteiger charge is -2.32. The number of likely N-dealkylation sites (N-methyl/N-ethyl adjacent to an activating group) is 1. The Bertz CT molecular complexity index is 1530. The van der Waals surface area contributed by atoms with E-state index < -0.39 is 0 Å². The summed E-state index contributed by atoms with van der Waals surface area (Å²) in [5, 5.41) is 13.8. The van der Waals surface area contributed by atoms with Crippen molar-refractivity contribution in [3.8, 4) is 17.1 Å². The van der Waals surface area contributed by atoms with Crippen LogP contribution in [0.5, 0.6) is 5.88 Å². The van der Waals surface area contributed by atoms with E-state index in [1.807, 2.05) is 20.2 Å². The van der Waals surface area contributed by atoms with Crippen LogP contribution < -0.4 is 15.6 Å². The van der Waals surface area contributed by atoms with Gasteiger partial charge in [-0.3, -0.25) is 14.4 Å². The number of aromatic nitrogens is 5. The fourth-order valence-electron chi connectivity index (χ4n) is 5.99. The minimum absolute atomic E-state index is 0.0743. The van der Waals surface area contributed by atoms with E-state index >= 15 is 0 Å². The second-order valence-corrected chi connectivity index (χ2v) is 11.3. The van der Waals surface area contributed by atoms with Crippen LogP contribution in [-0.2, 0) is 13.1 Å². The van der Waals surface area contributed by atoms with E-state index in [9.17, 15) is 4.79 Å². The highest BCUT2D eigenvalue weighted by atomic mass is 16.5. The van der Waals surface area contributed by atoms with Crippen molar-refractivity contribution in [1.29, 1.82) is 0 Å². The summed E-state index contributed by atoms with van der Waals surface area (Å²) in [7, 11) is 4.09. The van der Waals surface area contributed by atoms with Crippen LogP contribution in [-0.4, -0.2) is 80.7 Å². The van der Waals surface area contributed by atoms with E-state index in [2.05, 4.69) is 67.3 Å². The smallest absolute Gasteiger partial charge is 0.266 e. The van der Waals surface area contributed by atoms with Gasteiger partial charge in [0.2, 0.25) is 5.88 Å². The summed E-state index contributed by atoms with van der Waals surface area (Å²) < 4.78 is 9.82. The molecule has 0 bridgehead atoms. The Labute approximate surface area is 240 Å². The molecule has 0 radical (unpaired) electrons. The monoisotopic (exact) mass is 556 g/mol. The number of piperazine rings is 1. The van der Waals surface area contributed by atoms with Gasteiger partial charge in [0.05, 0.1) is 11.6 Å². The Kier molecular flexibility index (Phi) is 8.02. The number of benzene rings is 1. The van der Waals surface area contributed by atoms with Gasteiger partial charge in [-0.25, -0.2) is 9.67 Å². The van der Waals surface area contributed by atoms with Gasteiger partial charge in [0.15, 0.2) is 0 Å².